The minimum Gasteiger partial charge on any atom is -0.380 e. The lowest BCUT2D eigenvalue weighted by Gasteiger charge is -2.18. The quantitative estimate of drug-likeness (QED) is 0.740. The van der Waals surface area contributed by atoms with Crippen molar-refractivity contribution < 1.29 is 0 Å². The predicted molar refractivity (Wildman–Crippen MR) is 55.7 cm³/mol. The summed E-state index contributed by atoms with van der Waals surface area (Å²) in [5.41, 5.74) is 7.78. The maximum atomic E-state index is 5.73. The molecule has 72 valence electrons. The fraction of sp³-hybridized carbons (Fsp3) is 0.500. The molecular weight excluding hydrogens is 162 g/mol. The van der Waals surface area contributed by atoms with Crippen LogP contribution in [0.15, 0.2) is 18.3 Å². The molecule has 1 aromatic rings. The summed E-state index contributed by atoms with van der Waals surface area (Å²) in [7, 11) is 0. The highest BCUT2D eigenvalue weighted by molar-refractivity contribution is 5.41. The van der Waals surface area contributed by atoms with E-state index in [0.717, 1.165) is 11.4 Å². The van der Waals surface area contributed by atoms with Crippen molar-refractivity contribution in [2.45, 2.75) is 32.9 Å². The van der Waals surface area contributed by atoms with Gasteiger partial charge in [-0.1, -0.05) is 0 Å². The second-order valence-corrected chi connectivity index (χ2v) is 3.48. The average Bonchev–Trinajstić information content (AvgIpc) is 2.08. The van der Waals surface area contributed by atoms with Crippen LogP contribution in [0.25, 0.3) is 0 Å². The van der Waals surface area contributed by atoms with Crippen molar-refractivity contribution in [3.8, 4) is 0 Å². The van der Waals surface area contributed by atoms with Gasteiger partial charge in [-0.3, -0.25) is 4.98 Å². The van der Waals surface area contributed by atoms with Gasteiger partial charge in [0, 0.05) is 17.8 Å². The number of nitrogens with two attached hydrogens (primary N) is 1. The molecule has 2 atom stereocenters. The molecule has 3 heteroatoms. The van der Waals surface area contributed by atoms with Crippen molar-refractivity contribution in [2.75, 3.05) is 5.32 Å². The largest absolute Gasteiger partial charge is 0.380 e. The molecule has 1 aromatic heterocycles. The van der Waals surface area contributed by atoms with Crippen LogP contribution in [-0.2, 0) is 0 Å². The Hall–Kier alpha value is -1.09. The van der Waals surface area contributed by atoms with E-state index in [-0.39, 0.29) is 12.1 Å². The van der Waals surface area contributed by atoms with E-state index in [2.05, 4.69) is 17.2 Å². The first-order valence-corrected chi connectivity index (χ1v) is 4.54. The highest BCUT2D eigenvalue weighted by Gasteiger charge is 2.06. The highest BCUT2D eigenvalue weighted by atomic mass is 15.0. The van der Waals surface area contributed by atoms with Crippen LogP contribution < -0.4 is 11.1 Å². The number of aryl methyl sites for hydroxylation is 1. The Bertz CT molecular complexity index is 253. The van der Waals surface area contributed by atoms with E-state index in [1.807, 2.05) is 32.2 Å². The zero-order valence-electron chi connectivity index (χ0n) is 8.41. The third kappa shape index (κ3) is 3.03. The lowest BCUT2D eigenvalue weighted by atomic mass is 10.2. The van der Waals surface area contributed by atoms with Gasteiger partial charge in [0.2, 0.25) is 0 Å². The van der Waals surface area contributed by atoms with Crippen LogP contribution in [0.3, 0.4) is 0 Å². The third-order valence-electron chi connectivity index (χ3n) is 2.09. The second kappa shape index (κ2) is 4.23. The van der Waals surface area contributed by atoms with Crippen LogP contribution in [0.2, 0.25) is 0 Å². The van der Waals surface area contributed by atoms with Gasteiger partial charge >= 0.3 is 0 Å². The molecule has 0 aliphatic rings. The molecule has 0 amide bonds. The van der Waals surface area contributed by atoms with Crippen molar-refractivity contribution in [3.63, 3.8) is 0 Å². The Morgan fingerprint density at radius 2 is 2.08 bits per heavy atom. The van der Waals surface area contributed by atoms with Gasteiger partial charge in [-0.2, -0.15) is 0 Å². The number of nitrogens with zero attached hydrogens (tertiary/aromatic N) is 1. The summed E-state index contributed by atoms with van der Waals surface area (Å²) in [6.45, 7) is 6.02. The summed E-state index contributed by atoms with van der Waals surface area (Å²) in [4.78, 5) is 4.19. The summed E-state index contributed by atoms with van der Waals surface area (Å²) >= 11 is 0. The first-order valence-electron chi connectivity index (χ1n) is 4.54. The van der Waals surface area contributed by atoms with Gasteiger partial charge in [0.1, 0.15) is 0 Å². The first-order chi connectivity index (χ1) is 6.09. The number of nitrogens with one attached hydrogen (secondary N) is 1. The third-order valence-corrected chi connectivity index (χ3v) is 2.09. The molecular formula is C10H17N3. The Morgan fingerprint density at radius 1 is 1.38 bits per heavy atom. The fourth-order valence-corrected chi connectivity index (χ4v) is 0.948. The van der Waals surface area contributed by atoms with E-state index < -0.39 is 0 Å². The molecule has 0 aliphatic heterocycles. The molecule has 1 heterocycles. The van der Waals surface area contributed by atoms with Gasteiger partial charge in [-0.05, 0) is 32.9 Å². The average molecular weight is 179 g/mol. The van der Waals surface area contributed by atoms with E-state index in [0.29, 0.717) is 0 Å². The van der Waals surface area contributed by atoms with Crippen LogP contribution in [-0.4, -0.2) is 17.1 Å². The van der Waals surface area contributed by atoms with Crippen molar-refractivity contribution in [3.05, 3.63) is 24.0 Å². The monoisotopic (exact) mass is 179 g/mol. The number of aromatic nitrogens is 1. The van der Waals surface area contributed by atoms with Crippen molar-refractivity contribution >= 4 is 5.69 Å². The Morgan fingerprint density at radius 3 is 2.54 bits per heavy atom. The van der Waals surface area contributed by atoms with E-state index >= 15 is 0 Å². The van der Waals surface area contributed by atoms with E-state index in [1.54, 1.807) is 0 Å². The molecule has 0 fully saturated rings. The zero-order chi connectivity index (χ0) is 9.84. The minimum atomic E-state index is 0.140. The lowest BCUT2D eigenvalue weighted by Crippen LogP contribution is -2.35. The number of anilines is 1. The Labute approximate surface area is 79.4 Å². The van der Waals surface area contributed by atoms with Gasteiger partial charge in [0.05, 0.1) is 11.9 Å². The molecule has 0 spiro atoms. The number of hydrogen-bond donors (Lipinski definition) is 2. The predicted octanol–water partition coefficient (Wildman–Crippen LogP) is 1.54. The SMILES string of the molecule is Cc1ccc(NC(C)C(C)N)cn1. The summed E-state index contributed by atoms with van der Waals surface area (Å²) < 4.78 is 0. The van der Waals surface area contributed by atoms with Gasteiger partial charge in [-0.15, -0.1) is 0 Å². The Kier molecular flexibility index (Phi) is 3.25. The van der Waals surface area contributed by atoms with Crippen LogP contribution in [0, 0.1) is 6.92 Å². The number of hydrogen-bond acceptors (Lipinski definition) is 3. The Balaban J connectivity index is 2.59. The maximum Gasteiger partial charge on any atom is 0.0529 e. The van der Waals surface area contributed by atoms with Crippen molar-refractivity contribution in [1.29, 1.82) is 0 Å². The molecule has 13 heavy (non-hydrogen) atoms. The minimum absolute atomic E-state index is 0.140. The van der Waals surface area contributed by atoms with Gasteiger partial charge in [0.25, 0.3) is 0 Å². The zero-order valence-corrected chi connectivity index (χ0v) is 8.41. The molecule has 3 N–H and O–H groups in total. The molecule has 0 saturated carbocycles. The number of pyridine rings is 1. The highest BCUT2D eigenvalue weighted by Crippen LogP contribution is 2.07. The first kappa shape index (κ1) is 9.99. The van der Waals surface area contributed by atoms with Crippen LogP contribution in [0.4, 0.5) is 5.69 Å². The van der Waals surface area contributed by atoms with E-state index in [9.17, 15) is 0 Å². The number of rotatable bonds is 3. The maximum absolute atomic E-state index is 5.73. The normalized spacial score (nSPS) is 15.1. The smallest absolute Gasteiger partial charge is 0.0529 e. The summed E-state index contributed by atoms with van der Waals surface area (Å²) in [6, 6.07) is 4.41. The molecule has 0 radical (unpaired) electrons. The summed E-state index contributed by atoms with van der Waals surface area (Å²) in [6.07, 6.45) is 1.83. The summed E-state index contributed by atoms with van der Waals surface area (Å²) in [5, 5.41) is 3.28. The van der Waals surface area contributed by atoms with Gasteiger partial charge in [0.15, 0.2) is 0 Å². The lowest BCUT2D eigenvalue weighted by molar-refractivity contribution is 0.638. The topological polar surface area (TPSA) is 50.9 Å². The van der Waals surface area contributed by atoms with Gasteiger partial charge in [-0.25, -0.2) is 0 Å². The van der Waals surface area contributed by atoms with Crippen molar-refractivity contribution in [1.82, 2.24) is 4.98 Å². The van der Waals surface area contributed by atoms with E-state index in [1.165, 1.54) is 0 Å². The van der Waals surface area contributed by atoms with Crippen molar-refractivity contribution in [2.24, 2.45) is 5.73 Å². The van der Waals surface area contributed by atoms with Crippen LogP contribution >= 0.6 is 0 Å². The molecule has 0 saturated heterocycles. The van der Waals surface area contributed by atoms with Crippen LogP contribution in [0.1, 0.15) is 19.5 Å². The molecule has 3 nitrogen and oxygen atoms in total. The van der Waals surface area contributed by atoms with Gasteiger partial charge < -0.3 is 11.1 Å². The van der Waals surface area contributed by atoms with E-state index in [4.69, 9.17) is 5.73 Å². The van der Waals surface area contributed by atoms with Crippen LogP contribution in [0.5, 0.6) is 0 Å². The molecule has 0 aromatic carbocycles. The molecule has 2 unspecified atom stereocenters. The second-order valence-electron chi connectivity index (χ2n) is 3.48. The summed E-state index contributed by atoms with van der Waals surface area (Å²) in [5.74, 6) is 0. The molecule has 0 bridgehead atoms. The molecule has 1 rings (SSSR count). The fourth-order valence-electron chi connectivity index (χ4n) is 0.948. The molecule has 0 aliphatic carbocycles. The standard InChI is InChI=1S/C10H17N3/c1-7-4-5-10(6-12-7)13-9(3)8(2)11/h4-6,8-9,13H,11H2,1-3H3.